The zero-order chi connectivity index (χ0) is 13.3. The topological polar surface area (TPSA) is 35.5 Å². The van der Waals surface area contributed by atoms with Gasteiger partial charge in [0.25, 0.3) is 0 Å². The van der Waals surface area contributed by atoms with Gasteiger partial charge in [0.05, 0.1) is 6.61 Å². The van der Waals surface area contributed by atoms with E-state index < -0.39 is 8.32 Å². The lowest BCUT2D eigenvalue weighted by Crippen LogP contribution is -2.43. The number of hydrogen-bond donors (Lipinski definition) is 0. The number of esters is 1. The van der Waals surface area contributed by atoms with Crippen molar-refractivity contribution in [2.45, 2.75) is 58.4 Å². The van der Waals surface area contributed by atoms with Crippen LogP contribution in [-0.2, 0) is 14.0 Å². The molecule has 1 heterocycles. The van der Waals surface area contributed by atoms with Crippen LogP contribution in [0.25, 0.3) is 0 Å². The minimum absolute atomic E-state index is 0.110. The van der Waals surface area contributed by atoms with Crippen LogP contribution in [0.4, 0.5) is 0 Å². The summed E-state index contributed by atoms with van der Waals surface area (Å²) in [5.74, 6) is -0.238. The lowest BCUT2D eigenvalue weighted by Gasteiger charge is -2.37. The van der Waals surface area contributed by atoms with Crippen LogP contribution in [0.5, 0.6) is 0 Å². The molecule has 0 aromatic rings. The van der Waals surface area contributed by atoms with Crippen molar-refractivity contribution >= 4 is 14.3 Å². The van der Waals surface area contributed by atoms with Crippen molar-refractivity contribution in [3.05, 3.63) is 11.6 Å². The van der Waals surface area contributed by atoms with E-state index >= 15 is 0 Å². The van der Waals surface area contributed by atoms with Crippen molar-refractivity contribution < 1.29 is 14.0 Å². The fraction of sp³-hybridized carbons (Fsp3) is 0.769. The highest BCUT2D eigenvalue weighted by atomic mass is 28.4. The lowest BCUT2D eigenvalue weighted by atomic mass is 10.1. The summed E-state index contributed by atoms with van der Waals surface area (Å²) >= 11 is 0. The minimum atomic E-state index is -1.74. The van der Waals surface area contributed by atoms with Crippen LogP contribution in [0.3, 0.4) is 0 Å². The van der Waals surface area contributed by atoms with Gasteiger partial charge >= 0.3 is 5.97 Å². The van der Waals surface area contributed by atoms with Crippen LogP contribution in [0.1, 0.15) is 34.1 Å². The average molecular weight is 256 g/mol. The second-order valence-corrected chi connectivity index (χ2v) is 11.1. The van der Waals surface area contributed by atoms with Crippen LogP contribution in [0.2, 0.25) is 18.1 Å². The van der Waals surface area contributed by atoms with Crippen molar-refractivity contribution in [3.63, 3.8) is 0 Å². The third-order valence-electron chi connectivity index (χ3n) is 3.63. The Morgan fingerprint density at radius 2 is 2.06 bits per heavy atom. The van der Waals surface area contributed by atoms with E-state index in [-0.39, 0.29) is 17.1 Å². The molecule has 0 unspecified atom stereocenters. The van der Waals surface area contributed by atoms with E-state index in [2.05, 4.69) is 33.9 Å². The van der Waals surface area contributed by atoms with E-state index in [0.717, 1.165) is 12.0 Å². The normalized spacial score (nSPS) is 22.1. The van der Waals surface area contributed by atoms with Crippen LogP contribution >= 0.6 is 0 Å². The van der Waals surface area contributed by atoms with E-state index in [1.54, 1.807) is 6.08 Å². The molecule has 1 aliphatic heterocycles. The maximum atomic E-state index is 11.3. The van der Waals surface area contributed by atoms with Crippen molar-refractivity contribution in [1.82, 2.24) is 0 Å². The van der Waals surface area contributed by atoms with Crippen LogP contribution < -0.4 is 0 Å². The molecule has 3 nitrogen and oxygen atoms in total. The predicted octanol–water partition coefficient (Wildman–Crippen LogP) is 3.27. The van der Waals surface area contributed by atoms with Gasteiger partial charge in [-0.15, -0.1) is 0 Å². The van der Waals surface area contributed by atoms with E-state index in [0.29, 0.717) is 6.61 Å². The first-order valence-corrected chi connectivity index (χ1v) is 9.04. The molecule has 0 aliphatic carbocycles. The summed E-state index contributed by atoms with van der Waals surface area (Å²) in [6, 6.07) is 0. The van der Waals surface area contributed by atoms with Gasteiger partial charge in [-0.2, -0.15) is 0 Å². The van der Waals surface area contributed by atoms with E-state index in [1.807, 2.05) is 6.92 Å². The molecule has 98 valence electrons. The molecule has 0 saturated heterocycles. The standard InChI is InChI=1S/C13H24O3Si/c1-10-7-11(16-12(14)8-10)9-15-17(5,6)13(2,3)4/h8,11H,7,9H2,1-6H3/t11-/m0/s1. The Bertz CT molecular complexity index is 326. The molecular formula is C13H24O3Si. The Kier molecular flexibility index (Phi) is 4.20. The molecular weight excluding hydrogens is 232 g/mol. The summed E-state index contributed by atoms with van der Waals surface area (Å²) < 4.78 is 11.3. The van der Waals surface area contributed by atoms with E-state index in [4.69, 9.17) is 9.16 Å². The molecule has 0 spiro atoms. The highest BCUT2D eigenvalue weighted by molar-refractivity contribution is 6.74. The molecule has 4 heteroatoms. The fourth-order valence-electron chi connectivity index (χ4n) is 1.47. The molecule has 17 heavy (non-hydrogen) atoms. The SMILES string of the molecule is CC1=CC(=O)O[C@H](CO[Si](C)(C)C(C)(C)C)C1. The van der Waals surface area contributed by atoms with Crippen LogP contribution in [0.15, 0.2) is 11.6 Å². The Hall–Kier alpha value is -0.613. The Labute approximate surface area is 105 Å². The van der Waals surface area contributed by atoms with Gasteiger partial charge in [-0.1, -0.05) is 26.3 Å². The Morgan fingerprint density at radius 3 is 2.53 bits per heavy atom. The molecule has 0 fully saturated rings. The maximum absolute atomic E-state index is 11.3. The number of carbonyl (C=O) groups excluding carboxylic acids is 1. The predicted molar refractivity (Wildman–Crippen MR) is 71.4 cm³/mol. The molecule has 0 radical (unpaired) electrons. The monoisotopic (exact) mass is 256 g/mol. The van der Waals surface area contributed by atoms with Crippen molar-refractivity contribution in [3.8, 4) is 0 Å². The van der Waals surface area contributed by atoms with Crippen molar-refractivity contribution in [1.29, 1.82) is 0 Å². The molecule has 1 aliphatic rings. The molecule has 0 aromatic carbocycles. The second-order valence-electron chi connectivity index (χ2n) is 6.33. The van der Waals surface area contributed by atoms with Gasteiger partial charge in [0, 0.05) is 12.5 Å². The minimum Gasteiger partial charge on any atom is -0.456 e. The largest absolute Gasteiger partial charge is 0.456 e. The van der Waals surface area contributed by atoms with Gasteiger partial charge in [-0.05, 0) is 25.1 Å². The lowest BCUT2D eigenvalue weighted by molar-refractivity contribution is -0.146. The number of ether oxygens (including phenoxy) is 1. The first-order valence-electron chi connectivity index (χ1n) is 6.13. The number of hydrogen-bond acceptors (Lipinski definition) is 3. The van der Waals surface area contributed by atoms with E-state index in [9.17, 15) is 4.79 Å². The molecule has 0 saturated carbocycles. The summed E-state index contributed by atoms with van der Waals surface area (Å²) in [6.45, 7) is 13.5. The highest BCUT2D eigenvalue weighted by Crippen LogP contribution is 2.36. The van der Waals surface area contributed by atoms with Gasteiger partial charge in [0.1, 0.15) is 6.10 Å². The summed E-state index contributed by atoms with van der Waals surface area (Å²) in [4.78, 5) is 11.3. The number of cyclic esters (lactones) is 1. The van der Waals surface area contributed by atoms with Crippen molar-refractivity contribution in [2.75, 3.05) is 6.61 Å². The second kappa shape index (κ2) is 4.94. The summed E-state index contributed by atoms with van der Waals surface area (Å²) in [7, 11) is -1.74. The molecule has 0 N–H and O–H groups in total. The van der Waals surface area contributed by atoms with Gasteiger partial charge in [0.15, 0.2) is 8.32 Å². The third kappa shape index (κ3) is 3.96. The third-order valence-corrected chi connectivity index (χ3v) is 8.13. The number of carbonyl (C=O) groups is 1. The molecule has 0 bridgehead atoms. The Morgan fingerprint density at radius 1 is 1.47 bits per heavy atom. The van der Waals surface area contributed by atoms with Gasteiger partial charge in [-0.25, -0.2) is 4.79 Å². The smallest absolute Gasteiger partial charge is 0.331 e. The number of rotatable bonds is 3. The molecule has 0 aromatic heterocycles. The average Bonchev–Trinajstić information content (AvgIpc) is 2.11. The molecule has 0 amide bonds. The van der Waals surface area contributed by atoms with Gasteiger partial charge in [0.2, 0.25) is 0 Å². The summed E-state index contributed by atoms with van der Waals surface area (Å²) in [5.41, 5.74) is 1.07. The Balaban J connectivity index is 2.53. The maximum Gasteiger partial charge on any atom is 0.331 e. The quantitative estimate of drug-likeness (QED) is 0.574. The van der Waals surface area contributed by atoms with E-state index in [1.165, 1.54) is 0 Å². The zero-order valence-electron chi connectivity index (χ0n) is 11.8. The highest BCUT2D eigenvalue weighted by Gasteiger charge is 2.38. The zero-order valence-corrected chi connectivity index (χ0v) is 12.8. The van der Waals surface area contributed by atoms with Crippen LogP contribution in [0, 0.1) is 0 Å². The first kappa shape index (κ1) is 14.4. The van der Waals surface area contributed by atoms with Gasteiger partial charge in [-0.3, -0.25) is 0 Å². The fourth-order valence-corrected chi connectivity index (χ4v) is 2.51. The van der Waals surface area contributed by atoms with Crippen LogP contribution in [-0.4, -0.2) is 27.0 Å². The summed E-state index contributed by atoms with van der Waals surface area (Å²) in [5, 5.41) is 0.191. The molecule has 1 atom stereocenters. The summed E-state index contributed by atoms with van der Waals surface area (Å²) in [6.07, 6.45) is 2.24. The molecule has 1 rings (SSSR count). The van der Waals surface area contributed by atoms with Gasteiger partial charge < -0.3 is 9.16 Å². The first-order chi connectivity index (χ1) is 7.62. The van der Waals surface area contributed by atoms with Crippen molar-refractivity contribution in [2.24, 2.45) is 0 Å².